The van der Waals surface area contributed by atoms with Crippen LogP contribution in [0.3, 0.4) is 0 Å². The molecular formula is C16H22N2O3. The van der Waals surface area contributed by atoms with Crippen LogP contribution in [0.5, 0.6) is 0 Å². The molecule has 0 unspecified atom stereocenters. The molecule has 0 aromatic heterocycles. The Morgan fingerprint density at radius 3 is 2.43 bits per heavy atom. The van der Waals surface area contributed by atoms with E-state index < -0.39 is 5.97 Å². The van der Waals surface area contributed by atoms with Crippen LogP contribution < -0.4 is 0 Å². The lowest BCUT2D eigenvalue weighted by molar-refractivity contribution is -0.137. The first-order valence-corrected chi connectivity index (χ1v) is 7.43. The van der Waals surface area contributed by atoms with E-state index in [0.717, 1.165) is 18.4 Å². The molecule has 2 rings (SSSR count). The molecular weight excluding hydrogens is 268 g/mol. The topological polar surface area (TPSA) is 60.9 Å². The van der Waals surface area contributed by atoms with Crippen molar-refractivity contribution in [1.29, 1.82) is 0 Å². The van der Waals surface area contributed by atoms with Crippen LogP contribution in [0, 0.1) is 0 Å². The van der Waals surface area contributed by atoms with Gasteiger partial charge in [-0.1, -0.05) is 30.3 Å². The van der Waals surface area contributed by atoms with Crippen molar-refractivity contribution in [3.63, 3.8) is 0 Å². The van der Waals surface area contributed by atoms with E-state index in [9.17, 15) is 9.59 Å². The van der Waals surface area contributed by atoms with Gasteiger partial charge < -0.3 is 14.9 Å². The van der Waals surface area contributed by atoms with Crippen molar-refractivity contribution in [2.75, 3.05) is 13.1 Å². The number of carboxylic acid groups (broad SMARTS) is 1. The summed E-state index contributed by atoms with van der Waals surface area (Å²) in [6.07, 6.45) is 1.97. The Hall–Kier alpha value is -2.04. The fourth-order valence-corrected chi connectivity index (χ4v) is 2.34. The van der Waals surface area contributed by atoms with E-state index in [1.165, 1.54) is 0 Å². The molecule has 0 saturated heterocycles. The van der Waals surface area contributed by atoms with E-state index in [4.69, 9.17) is 5.11 Å². The van der Waals surface area contributed by atoms with Crippen LogP contribution in [0.2, 0.25) is 0 Å². The highest BCUT2D eigenvalue weighted by molar-refractivity contribution is 5.76. The van der Waals surface area contributed by atoms with E-state index in [1.54, 1.807) is 9.80 Å². The normalized spacial score (nSPS) is 13.8. The van der Waals surface area contributed by atoms with Crippen LogP contribution in [-0.4, -0.2) is 46.0 Å². The third kappa shape index (κ3) is 4.48. The van der Waals surface area contributed by atoms with E-state index >= 15 is 0 Å². The summed E-state index contributed by atoms with van der Waals surface area (Å²) in [6.45, 7) is 3.42. The molecule has 1 aliphatic carbocycles. The molecule has 1 saturated carbocycles. The molecule has 1 aromatic carbocycles. The smallest absolute Gasteiger partial charge is 0.320 e. The Morgan fingerprint density at radius 2 is 1.90 bits per heavy atom. The molecule has 0 bridgehead atoms. The van der Waals surface area contributed by atoms with Gasteiger partial charge in [0.15, 0.2) is 0 Å². The Labute approximate surface area is 125 Å². The molecule has 0 atom stereocenters. The van der Waals surface area contributed by atoms with Gasteiger partial charge in [0, 0.05) is 25.7 Å². The number of urea groups is 1. The summed E-state index contributed by atoms with van der Waals surface area (Å²) >= 11 is 0. The fraction of sp³-hybridized carbons (Fsp3) is 0.500. The zero-order valence-electron chi connectivity index (χ0n) is 12.4. The summed E-state index contributed by atoms with van der Waals surface area (Å²) in [5.41, 5.74) is 1.08. The van der Waals surface area contributed by atoms with Gasteiger partial charge in [0.1, 0.15) is 0 Å². The van der Waals surface area contributed by atoms with Gasteiger partial charge in [0.2, 0.25) is 0 Å². The van der Waals surface area contributed by atoms with Crippen molar-refractivity contribution in [3.8, 4) is 0 Å². The number of carboxylic acids is 1. The van der Waals surface area contributed by atoms with Gasteiger partial charge in [-0.15, -0.1) is 0 Å². The molecule has 1 N–H and O–H groups in total. The van der Waals surface area contributed by atoms with Crippen molar-refractivity contribution in [1.82, 2.24) is 9.80 Å². The van der Waals surface area contributed by atoms with Gasteiger partial charge in [0.25, 0.3) is 0 Å². The van der Waals surface area contributed by atoms with Gasteiger partial charge in [-0.2, -0.15) is 0 Å². The molecule has 0 aliphatic heterocycles. The van der Waals surface area contributed by atoms with Gasteiger partial charge >= 0.3 is 12.0 Å². The van der Waals surface area contributed by atoms with Crippen LogP contribution in [-0.2, 0) is 11.3 Å². The maximum Gasteiger partial charge on any atom is 0.320 e. The fourth-order valence-electron chi connectivity index (χ4n) is 2.34. The third-order valence-corrected chi connectivity index (χ3v) is 3.67. The third-order valence-electron chi connectivity index (χ3n) is 3.67. The molecule has 21 heavy (non-hydrogen) atoms. The lowest BCUT2D eigenvalue weighted by atomic mass is 10.2. The minimum atomic E-state index is -0.862. The summed E-state index contributed by atoms with van der Waals surface area (Å²) in [4.78, 5) is 26.9. The van der Waals surface area contributed by atoms with Crippen LogP contribution in [0.25, 0.3) is 0 Å². The molecule has 5 nitrogen and oxygen atoms in total. The SMILES string of the molecule is CCN(Cc1ccccc1)C(=O)N(CCC(=O)O)C1CC1. The predicted molar refractivity (Wildman–Crippen MR) is 79.9 cm³/mol. The standard InChI is InChI=1S/C16H22N2O3/c1-2-17(12-13-6-4-3-5-7-13)16(21)18(14-8-9-14)11-10-15(19)20/h3-7,14H,2,8-12H2,1H3,(H,19,20). The first-order valence-electron chi connectivity index (χ1n) is 7.43. The second kappa shape index (κ2) is 7.11. The Balaban J connectivity index is 2.00. The summed E-state index contributed by atoms with van der Waals surface area (Å²) in [5.74, 6) is -0.862. The summed E-state index contributed by atoms with van der Waals surface area (Å²) in [6, 6.07) is 10.0. The van der Waals surface area contributed by atoms with Crippen LogP contribution in [0.15, 0.2) is 30.3 Å². The minimum absolute atomic E-state index is 0.00509. The number of hydrogen-bond donors (Lipinski definition) is 1. The zero-order chi connectivity index (χ0) is 15.2. The number of carbonyl (C=O) groups is 2. The number of nitrogens with zero attached hydrogens (tertiary/aromatic N) is 2. The number of carbonyl (C=O) groups excluding carboxylic acids is 1. The van der Waals surface area contributed by atoms with Crippen molar-refractivity contribution in [2.45, 2.75) is 38.8 Å². The average molecular weight is 290 g/mol. The molecule has 1 aliphatic rings. The summed E-state index contributed by atoms with van der Waals surface area (Å²) < 4.78 is 0. The lowest BCUT2D eigenvalue weighted by Gasteiger charge is -2.30. The largest absolute Gasteiger partial charge is 0.481 e. The number of rotatable bonds is 7. The Bertz CT molecular complexity index is 486. The van der Waals surface area contributed by atoms with E-state index in [-0.39, 0.29) is 18.5 Å². The van der Waals surface area contributed by atoms with Crippen molar-refractivity contribution >= 4 is 12.0 Å². The molecule has 2 amide bonds. The van der Waals surface area contributed by atoms with Gasteiger partial charge in [-0.05, 0) is 25.3 Å². The quantitative estimate of drug-likeness (QED) is 0.839. The van der Waals surface area contributed by atoms with Crippen LogP contribution in [0.1, 0.15) is 31.7 Å². The van der Waals surface area contributed by atoms with Gasteiger partial charge in [-0.25, -0.2) is 4.79 Å². The lowest BCUT2D eigenvalue weighted by Crippen LogP contribution is -2.44. The average Bonchev–Trinajstić information content (AvgIpc) is 3.30. The number of benzene rings is 1. The maximum atomic E-state index is 12.6. The first kappa shape index (κ1) is 15.4. The minimum Gasteiger partial charge on any atom is -0.481 e. The molecule has 5 heteroatoms. The van der Waals surface area contributed by atoms with Crippen molar-refractivity contribution in [2.24, 2.45) is 0 Å². The predicted octanol–water partition coefficient (Wildman–Crippen LogP) is 2.57. The molecule has 0 heterocycles. The highest BCUT2D eigenvalue weighted by Gasteiger charge is 2.34. The van der Waals surface area contributed by atoms with E-state index in [0.29, 0.717) is 19.6 Å². The van der Waals surface area contributed by atoms with E-state index in [2.05, 4.69) is 0 Å². The molecule has 114 valence electrons. The van der Waals surface area contributed by atoms with Crippen molar-refractivity contribution < 1.29 is 14.7 Å². The van der Waals surface area contributed by atoms with Crippen molar-refractivity contribution in [3.05, 3.63) is 35.9 Å². The van der Waals surface area contributed by atoms with Gasteiger partial charge in [0.05, 0.1) is 6.42 Å². The summed E-state index contributed by atoms with van der Waals surface area (Å²) in [7, 11) is 0. The molecule has 1 aromatic rings. The van der Waals surface area contributed by atoms with E-state index in [1.807, 2.05) is 37.3 Å². The Kier molecular flexibility index (Phi) is 5.20. The second-order valence-corrected chi connectivity index (χ2v) is 5.35. The zero-order valence-corrected chi connectivity index (χ0v) is 12.4. The number of amides is 2. The van der Waals surface area contributed by atoms with Crippen LogP contribution >= 0.6 is 0 Å². The first-order chi connectivity index (χ1) is 10.1. The monoisotopic (exact) mass is 290 g/mol. The number of aliphatic carboxylic acids is 1. The van der Waals surface area contributed by atoms with Crippen LogP contribution in [0.4, 0.5) is 4.79 Å². The number of hydrogen-bond acceptors (Lipinski definition) is 2. The highest BCUT2D eigenvalue weighted by atomic mass is 16.4. The Morgan fingerprint density at radius 1 is 1.24 bits per heavy atom. The molecule has 0 spiro atoms. The van der Waals surface area contributed by atoms with Gasteiger partial charge in [-0.3, -0.25) is 4.79 Å². The maximum absolute atomic E-state index is 12.6. The summed E-state index contributed by atoms with van der Waals surface area (Å²) in [5, 5.41) is 8.83. The molecule has 0 radical (unpaired) electrons. The second-order valence-electron chi connectivity index (χ2n) is 5.35. The highest BCUT2D eigenvalue weighted by Crippen LogP contribution is 2.28. The molecule has 1 fully saturated rings.